The van der Waals surface area contributed by atoms with Gasteiger partial charge in [0.25, 0.3) is 0 Å². The Morgan fingerprint density at radius 1 is 1.26 bits per heavy atom. The van der Waals surface area contributed by atoms with Crippen LogP contribution in [-0.2, 0) is 6.54 Å². The van der Waals surface area contributed by atoms with E-state index in [2.05, 4.69) is 52.6 Å². The zero-order valence-electron chi connectivity index (χ0n) is 11.5. The SMILES string of the molecule is CN1CCCC1CNCc1ccc2ccccc2n1. The molecular formula is C16H21N3. The van der Waals surface area contributed by atoms with E-state index in [1.54, 1.807) is 0 Å². The normalized spacial score (nSPS) is 20.2. The maximum absolute atomic E-state index is 4.68. The van der Waals surface area contributed by atoms with Gasteiger partial charge in [0.1, 0.15) is 0 Å². The smallest absolute Gasteiger partial charge is 0.0705 e. The Morgan fingerprint density at radius 3 is 3.00 bits per heavy atom. The number of hydrogen-bond donors (Lipinski definition) is 1. The van der Waals surface area contributed by atoms with E-state index in [-0.39, 0.29) is 0 Å². The monoisotopic (exact) mass is 255 g/mol. The number of rotatable bonds is 4. The van der Waals surface area contributed by atoms with Crippen molar-refractivity contribution < 1.29 is 0 Å². The minimum absolute atomic E-state index is 0.695. The molecule has 0 saturated carbocycles. The maximum Gasteiger partial charge on any atom is 0.0705 e. The van der Waals surface area contributed by atoms with Crippen molar-refractivity contribution in [3.63, 3.8) is 0 Å². The first-order chi connectivity index (χ1) is 9.33. The van der Waals surface area contributed by atoms with Gasteiger partial charge in [0.15, 0.2) is 0 Å². The van der Waals surface area contributed by atoms with Gasteiger partial charge < -0.3 is 10.2 Å². The van der Waals surface area contributed by atoms with Crippen molar-refractivity contribution in [1.82, 2.24) is 15.2 Å². The lowest BCUT2D eigenvalue weighted by Gasteiger charge is -2.19. The molecule has 1 aromatic heterocycles. The van der Waals surface area contributed by atoms with Crippen molar-refractivity contribution in [3.05, 3.63) is 42.1 Å². The molecule has 0 aliphatic carbocycles. The molecule has 0 spiro atoms. The molecule has 100 valence electrons. The zero-order chi connectivity index (χ0) is 13.1. The molecule has 3 heteroatoms. The lowest BCUT2D eigenvalue weighted by Crippen LogP contribution is -2.35. The van der Waals surface area contributed by atoms with Crippen molar-refractivity contribution in [2.45, 2.75) is 25.4 Å². The van der Waals surface area contributed by atoms with Gasteiger partial charge in [0, 0.05) is 24.5 Å². The highest BCUT2D eigenvalue weighted by atomic mass is 15.2. The Bertz CT molecular complexity index is 552. The fourth-order valence-corrected chi connectivity index (χ4v) is 2.81. The topological polar surface area (TPSA) is 28.2 Å². The van der Waals surface area contributed by atoms with E-state index in [1.165, 1.54) is 24.8 Å². The molecule has 2 heterocycles. The van der Waals surface area contributed by atoms with Gasteiger partial charge >= 0.3 is 0 Å². The van der Waals surface area contributed by atoms with Crippen molar-refractivity contribution in [1.29, 1.82) is 0 Å². The lowest BCUT2D eigenvalue weighted by atomic mass is 10.2. The van der Waals surface area contributed by atoms with Crippen LogP contribution < -0.4 is 5.32 Å². The zero-order valence-corrected chi connectivity index (χ0v) is 11.5. The third-order valence-corrected chi connectivity index (χ3v) is 4.01. The molecule has 2 aromatic rings. The summed E-state index contributed by atoms with van der Waals surface area (Å²) in [6, 6.07) is 13.2. The van der Waals surface area contributed by atoms with E-state index in [0.717, 1.165) is 24.3 Å². The summed E-state index contributed by atoms with van der Waals surface area (Å²) in [5, 5.41) is 4.74. The number of fused-ring (bicyclic) bond motifs is 1. The van der Waals surface area contributed by atoms with Gasteiger partial charge in [-0.1, -0.05) is 24.3 Å². The number of pyridine rings is 1. The quantitative estimate of drug-likeness (QED) is 0.909. The summed E-state index contributed by atoms with van der Waals surface area (Å²) in [7, 11) is 2.22. The number of benzene rings is 1. The van der Waals surface area contributed by atoms with Crippen molar-refractivity contribution in [2.75, 3.05) is 20.1 Å². The van der Waals surface area contributed by atoms with Gasteiger partial charge in [-0.15, -0.1) is 0 Å². The van der Waals surface area contributed by atoms with Crippen LogP contribution in [0.2, 0.25) is 0 Å². The Morgan fingerprint density at radius 2 is 2.16 bits per heavy atom. The first kappa shape index (κ1) is 12.6. The minimum atomic E-state index is 0.695. The van der Waals surface area contributed by atoms with Gasteiger partial charge in [-0.05, 0) is 38.6 Å². The average molecular weight is 255 g/mol. The number of nitrogens with one attached hydrogen (secondary N) is 1. The molecule has 1 aliphatic rings. The van der Waals surface area contributed by atoms with Crippen LogP contribution in [0.15, 0.2) is 36.4 Å². The maximum atomic E-state index is 4.68. The average Bonchev–Trinajstić information content (AvgIpc) is 2.84. The standard InChI is InChI=1S/C16H21N3/c1-19-10-4-6-15(19)12-17-11-14-9-8-13-5-2-3-7-16(13)18-14/h2-3,5,7-9,15,17H,4,6,10-12H2,1H3. The summed E-state index contributed by atoms with van der Waals surface area (Å²) in [5.41, 5.74) is 2.21. The molecule has 3 rings (SSSR count). The molecule has 1 saturated heterocycles. The summed E-state index contributed by atoms with van der Waals surface area (Å²) < 4.78 is 0. The second-order valence-corrected chi connectivity index (χ2v) is 5.40. The Balaban J connectivity index is 1.59. The van der Waals surface area contributed by atoms with Crippen LogP contribution >= 0.6 is 0 Å². The fourth-order valence-electron chi connectivity index (χ4n) is 2.81. The second kappa shape index (κ2) is 5.68. The number of likely N-dealkylation sites (tertiary alicyclic amines) is 1. The summed E-state index contributed by atoms with van der Waals surface area (Å²) in [4.78, 5) is 7.13. The third-order valence-electron chi connectivity index (χ3n) is 4.01. The molecule has 1 aromatic carbocycles. The van der Waals surface area contributed by atoms with E-state index < -0.39 is 0 Å². The van der Waals surface area contributed by atoms with Crippen LogP contribution in [0.3, 0.4) is 0 Å². The Labute approximate surface area is 114 Å². The Hall–Kier alpha value is -1.45. The van der Waals surface area contributed by atoms with Crippen molar-refractivity contribution in [3.8, 4) is 0 Å². The van der Waals surface area contributed by atoms with E-state index in [0.29, 0.717) is 6.04 Å². The molecule has 1 unspecified atom stereocenters. The van der Waals surface area contributed by atoms with E-state index in [1.807, 2.05) is 6.07 Å². The number of aromatic nitrogens is 1. The molecular weight excluding hydrogens is 234 g/mol. The van der Waals surface area contributed by atoms with E-state index in [4.69, 9.17) is 0 Å². The summed E-state index contributed by atoms with van der Waals surface area (Å²) in [6.45, 7) is 3.15. The summed E-state index contributed by atoms with van der Waals surface area (Å²) >= 11 is 0. The number of likely N-dealkylation sites (N-methyl/N-ethyl adjacent to an activating group) is 1. The largest absolute Gasteiger partial charge is 0.310 e. The molecule has 19 heavy (non-hydrogen) atoms. The summed E-state index contributed by atoms with van der Waals surface area (Å²) in [5.74, 6) is 0. The first-order valence-electron chi connectivity index (χ1n) is 7.08. The fraction of sp³-hybridized carbons (Fsp3) is 0.438. The molecule has 0 bridgehead atoms. The van der Waals surface area contributed by atoms with Crippen molar-refractivity contribution >= 4 is 10.9 Å². The summed E-state index contributed by atoms with van der Waals surface area (Å²) in [6.07, 6.45) is 2.64. The van der Waals surface area contributed by atoms with Crippen molar-refractivity contribution in [2.24, 2.45) is 0 Å². The highest BCUT2D eigenvalue weighted by molar-refractivity contribution is 5.78. The number of para-hydroxylation sites is 1. The molecule has 0 radical (unpaired) electrons. The van der Waals surface area contributed by atoms with Gasteiger partial charge in [0.2, 0.25) is 0 Å². The number of hydrogen-bond acceptors (Lipinski definition) is 3. The van der Waals surface area contributed by atoms with Crippen LogP contribution in [-0.4, -0.2) is 36.1 Å². The molecule has 1 N–H and O–H groups in total. The van der Waals surface area contributed by atoms with Crippen LogP contribution in [0.1, 0.15) is 18.5 Å². The lowest BCUT2D eigenvalue weighted by molar-refractivity contribution is 0.300. The highest BCUT2D eigenvalue weighted by Gasteiger charge is 2.19. The van der Waals surface area contributed by atoms with Gasteiger partial charge in [-0.25, -0.2) is 0 Å². The van der Waals surface area contributed by atoms with Gasteiger partial charge in [-0.2, -0.15) is 0 Å². The molecule has 1 fully saturated rings. The molecule has 1 atom stereocenters. The third kappa shape index (κ3) is 2.94. The second-order valence-electron chi connectivity index (χ2n) is 5.40. The predicted molar refractivity (Wildman–Crippen MR) is 79.1 cm³/mol. The van der Waals surface area contributed by atoms with Crippen LogP contribution in [0.25, 0.3) is 10.9 Å². The number of nitrogens with zero attached hydrogens (tertiary/aromatic N) is 2. The van der Waals surface area contributed by atoms with E-state index >= 15 is 0 Å². The molecule has 3 nitrogen and oxygen atoms in total. The van der Waals surface area contributed by atoms with E-state index in [9.17, 15) is 0 Å². The predicted octanol–water partition coefficient (Wildman–Crippen LogP) is 2.42. The molecule has 0 amide bonds. The van der Waals surface area contributed by atoms with Gasteiger partial charge in [-0.3, -0.25) is 4.98 Å². The van der Waals surface area contributed by atoms with Crippen LogP contribution in [0.5, 0.6) is 0 Å². The minimum Gasteiger partial charge on any atom is -0.310 e. The first-order valence-corrected chi connectivity index (χ1v) is 7.08. The Kier molecular flexibility index (Phi) is 3.76. The molecule has 1 aliphatic heterocycles. The van der Waals surface area contributed by atoms with Crippen LogP contribution in [0.4, 0.5) is 0 Å². The highest BCUT2D eigenvalue weighted by Crippen LogP contribution is 2.14. The van der Waals surface area contributed by atoms with Crippen LogP contribution in [0, 0.1) is 0 Å². The van der Waals surface area contributed by atoms with Gasteiger partial charge in [0.05, 0.1) is 11.2 Å².